The molecule has 0 spiro atoms. The molecule has 1 N–H and O–H groups in total. The largest absolute Gasteiger partial charge is 0.484 e. The molecule has 0 saturated carbocycles. The maximum atomic E-state index is 12.9. The van der Waals surface area contributed by atoms with Gasteiger partial charge in [0.2, 0.25) is 0 Å². The number of amides is 1. The Morgan fingerprint density at radius 2 is 1.90 bits per heavy atom. The van der Waals surface area contributed by atoms with Crippen LogP contribution in [-0.4, -0.2) is 86.5 Å². The highest BCUT2D eigenvalue weighted by atomic mass is 32.2. The van der Waals surface area contributed by atoms with Crippen molar-refractivity contribution in [3.63, 3.8) is 0 Å². The molecule has 1 atom stereocenters. The molecule has 3 rings (SSSR count). The van der Waals surface area contributed by atoms with Crippen molar-refractivity contribution in [2.45, 2.75) is 19.3 Å². The standard InChI is InChI=1S/C19H27FN2O4S.CH2O2/c20-17-2-4-18(5-3-17)26-14-19(23)22-9-1-8-21(11-12-22)10-6-16-7-13-27(24,25)15-16;2-1-3/h2-5,16H,1,6-15H2;1H,(H,2,3). The van der Waals surface area contributed by atoms with E-state index in [4.69, 9.17) is 14.6 Å². The molecule has 2 saturated heterocycles. The number of carboxylic acid groups (broad SMARTS) is 1. The van der Waals surface area contributed by atoms with E-state index >= 15 is 0 Å². The molecule has 2 aliphatic heterocycles. The summed E-state index contributed by atoms with van der Waals surface area (Å²) in [6.45, 7) is 3.64. The molecule has 0 radical (unpaired) electrons. The van der Waals surface area contributed by atoms with Crippen LogP contribution in [0.2, 0.25) is 0 Å². The van der Waals surface area contributed by atoms with Crippen molar-refractivity contribution >= 4 is 22.2 Å². The van der Waals surface area contributed by atoms with E-state index in [-0.39, 0.29) is 30.7 Å². The molecule has 10 heteroatoms. The van der Waals surface area contributed by atoms with Gasteiger partial charge in [0.05, 0.1) is 11.5 Å². The number of halogens is 1. The summed E-state index contributed by atoms with van der Waals surface area (Å²) in [4.78, 5) is 24.9. The number of ether oxygens (including phenoxy) is 1. The lowest BCUT2D eigenvalue weighted by atomic mass is 10.1. The van der Waals surface area contributed by atoms with Gasteiger partial charge < -0.3 is 19.6 Å². The average Bonchev–Trinajstić information content (AvgIpc) is 2.91. The van der Waals surface area contributed by atoms with Crippen molar-refractivity contribution in [2.24, 2.45) is 5.92 Å². The van der Waals surface area contributed by atoms with Crippen molar-refractivity contribution < 1.29 is 32.2 Å². The molecule has 2 heterocycles. The average molecular weight is 445 g/mol. The number of carbonyl (C=O) groups excluding carboxylic acids is 1. The van der Waals surface area contributed by atoms with Gasteiger partial charge >= 0.3 is 0 Å². The van der Waals surface area contributed by atoms with Crippen LogP contribution in [0.15, 0.2) is 24.3 Å². The first-order valence-corrected chi connectivity index (χ1v) is 11.8. The van der Waals surface area contributed by atoms with E-state index in [0.717, 1.165) is 38.9 Å². The Balaban J connectivity index is 0.00000101. The molecule has 168 valence electrons. The normalized spacial score (nSPS) is 21.2. The van der Waals surface area contributed by atoms with Crippen LogP contribution in [0.5, 0.6) is 5.75 Å². The van der Waals surface area contributed by atoms with Crippen LogP contribution >= 0.6 is 0 Å². The highest BCUT2D eigenvalue weighted by Gasteiger charge is 2.28. The Morgan fingerprint density at radius 3 is 2.53 bits per heavy atom. The molecule has 2 fully saturated rings. The van der Waals surface area contributed by atoms with E-state index in [2.05, 4.69) is 4.90 Å². The van der Waals surface area contributed by atoms with Gasteiger partial charge in [0, 0.05) is 19.6 Å². The fourth-order valence-corrected chi connectivity index (χ4v) is 5.59. The number of rotatable bonds is 6. The Hall–Kier alpha value is -2.20. The van der Waals surface area contributed by atoms with E-state index in [0.29, 0.717) is 30.3 Å². The summed E-state index contributed by atoms with van der Waals surface area (Å²) >= 11 is 0. The first kappa shape index (κ1) is 24.1. The van der Waals surface area contributed by atoms with E-state index in [1.165, 1.54) is 24.3 Å². The zero-order valence-electron chi connectivity index (χ0n) is 16.9. The van der Waals surface area contributed by atoms with Crippen molar-refractivity contribution in [2.75, 3.05) is 50.8 Å². The third-order valence-corrected chi connectivity index (χ3v) is 7.13. The molecule has 1 amide bonds. The molecule has 0 bridgehead atoms. The summed E-state index contributed by atoms with van der Waals surface area (Å²) in [5.41, 5.74) is 0. The second kappa shape index (κ2) is 11.8. The highest BCUT2D eigenvalue weighted by Crippen LogP contribution is 2.22. The smallest absolute Gasteiger partial charge is 0.290 e. The van der Waals surface area contributed by atoms with Gasteiger partial charge in [-0.25, -0.2) is 12.8 Å². The summed E-state index contributed by atoms with van der Waals surface area (Å²) in [5.74, 6) is 1.01. The number of nitrogens with zero attached hydrogens (tertiary/aromatic N) is 2. The van der Waals surface area contributed by atoms with Crippen LogP contribution in [0.3, 0.4) is 0 Å². The lowest BCUT2D eigenvalue weighted by Crippen LogP contribution is -2.38. The molecule has 0 aliphatic carbocycles. The summed E-state index contributed by atoms with van der Waals surface area (Å²) in [7, 11) is -2.81. The first-order chi connectivity index (χ1) is 14.3. The van der Waals surface area contributed by atoms with Crippen LogP contribution in [0.4, 0.5) is 4.39 Å². The van der Waals surface area contributed by atoms with Crippen LogP contribution in [0.1, 0.15) is 19.3 Å². The number of sulfone groups is 1. The van der Waals surface area contributed by atoms with Crippen LogP contribution in [0, 0.1) is 11.7 Å². The predicted molar refractivity (Wildman–Crippen MR) is 110 cm³/mol. The summed E-state index contributed by atoms with van der Waals surface area (Å²) in [5, 5.41) is 6.89. The Labute approximate surface area is 176 Å². The molecule has 30 heavy (non-hydrogen) atoms. The molecule has 8 nitrogen and oxygen atoms in total. The molecule has 1 unspecified atom stereocenters. The minimum Gasteiger partial charge on any atom is -0.484 e. The van der Waals surface area contributed by atoms with Gasteiger partial charge in [-0.15, -0.1) is 0 Å². The van der Waals surface area contributed by atoms with Crippen molar-refractivity contribution in [3.8, 4) is 5.75 Å². The minimum absolute atomic E-state index is 0.0500. The monoisotopic (exact) mass is 444 g/mol. The maximum Gasteiger partial charge on any atom is 0.290 e. The SMILES string of the molecule is O=C(COc1ccc(F)cc1)N1CCCN(CCC2CCS(=O)(=O)C2)CC1.O=CO. The molecular formula is C20H29FN2O6S. The fourth-order valence-electron chi connectivity index (χ4n) is 3.68. The van der Waals surface area contributed by atoms with Crippen LogP contribution < -0.4 is 4.74 Å². The van der Waals surface area contributed by atoms with E-state index < -0.39 is 9.84 Å². The number of hydrogen-bond acceptors (Lipinski definition) is 6. The van der Waals surface area contributed by atoms with Gasteiger partial charge in [0.15, 0.2) is 16.4 Å². The van der Waals surface area contributed by atoms with Gasteiger partial charge in [-0.3, -0.25) is 9.59 Å². The number of hydrogen-bond donors (Lipinski definition) is 1. The zero-order chi connectivity index (χ0) is 22.0. The Kier molecular flexibility index (Phi) is 9.51. The molecule has 2 aliphatic rings. The van der Waals surface area contributed by atoms with Crippen molar-refractivity contribution in [3.05, 3.63) is 30.1 Å². The van der Waals surface area contributed by atoms with Gasteiger partial charge in [0.1, 0.15) is 11.6 Å². The van der Waals surface area contributed by atoms with Crippen molar-refractivity contribution in [1.82, 2.24) is 9.80 Å². The van der Waals surface area contributed by atoms with E-state index in [1.807, 2.05) is 4.90 Å². The quantitative estimate of drug-likeness (QED) is 0.659. The van der Waals surface area contributed by atoms with Gasteiger partial charge in [-0.2, -0.15) is 0 Å². The lowest BCUT2D eigenvalue weighted by Gasteiger charge is -2.23. The van der Waals surface area contributed by atoms with E-state index in [1.54, 1.807) is 0 Å². The van der Waals surface area contributed by atoms with E-state index in [9.17, 15) is 17.6 Å². The number of carbonyl (C=O) groups is 2. The van der Waals surface area contributed by atoms with Gasteiger partial charge in [-0.1, -0.05) is 0 Å². The third-order valence-electron chi connectivity index (χ3n) is 5.30. The zero-order valence-corrected chi connectivity index (χ0v) is 17.7. The highest BCUT2D eigenvalue weighted by molar-refractivity contribution is 7.91. The van der Waals surface area contributed by atoms with Crippen LogP contribution in [-0.2, 0) is 19.4 Å². The molecular weight excluding hydrogens is 415 g/mol. The first-order valence-electron chi connectivity index (χ1n) is 9.99. The minimum atomic E-state index is -2.81. The van der Waals surface area contributed by atoms with Crippen molar-refractivity contribution in [1.29, 1.82) is 0 Å². The lowest BCUT2D eigenvalue weighted by molar-refractivity contribution is -0.133. The van der Waals surface area contributed by atoms with Gasteiger partial charge in [-0.05, 0) is 62.5 Å². The summed E-state index contributed by atoms with van der Waals surface area (Å²) in [6.07, 6.45) is 2.58. The predicted octanol–water partition coefficient (Wildman–Crippen LogP) is 1.26. The summed E-state index contributed by atoms with van der Waals surface area (Å²) in [6, 6.07) is 5.63. The third kappa shape index (κ3) is 8.27. The van der Waals surface area contributed by atoms with Gasteiger partial charge in [0.25, 0.3) is 12.4 Å². The second-order valence-corrected chi connectivity index (χ2v) is 9.71. The fraction of sp³-hybridized carbons (Fsp3) is 0.600. The molecule has 0 aromatic heterocycles. The Bertz CT molecular complexity index is 787. The van der Waals surface area contributed by atoms with Crippen LogP contribution in [0.25, 0.3) is 0 Å². The number of benzene rings is 1. The topological polar surface area (TPSA) is 104 Å². The summed E-state index contributed by atoms with van der Waals surface area (Å²) < 4.78 is 41.5. The maximum absolute atomic E-state index is 12.9. The molecule has 1 aromatic carbocycles. The Morgan fingerprint density at radius 1 is 1.20 bits per heavy atom. The second-order valence-electron chi connectivity index (χ2n) is 7.48. The molecule has 1 aromatic rings.